The van der Waals surface area contributed by atoms with Gasteiger partial charge in [0.25, 0.3) is 0 Å². The predicted octanol–water partition coefficient (Wildman–Crippen LogP) is 5.34. The first kappa shape index (κ1) is 17.4. The largest absolute Gasteiger partial charge is 0.274 e. The van der Waals surface area contributed by atoms with E-state index in [-0.39, 0.29) is 29.6 Å². The van der Waals surface area contributed by atoms with E-state index >= 15 is 0 Å². The highest BCUT2D eigenvalue weighted by molar-refractivity contribution is 9.10. The van der Waals surface area contributed by atoms with Crippen LogP contribution in [0.15, 0.2) is 46.9 Å². The van der Waals surface area contributed by atoms with Crippen molar-refractivity contribution in [1.82, 2.24) is 0 Å². The third kappa shape index (κ3) is 2.39. The normalized spacial score (nSPS) is 31.7. The van der Waals surface area contributed by atoms with Gasteiger partial charge in [-0.3, -0.25) is 9.59 Å². The minimum absolute atomic E-state index is 0.0366. The molecule has 27 heavy (non-hydrogen) atoms. The molecule has 2 aliphatic carbocycles. The highest BCUT2D eigenvalue weighted by Gasteiger charge is 2.64. The molecular weight excluding hydrogens is 426 g/mol. The van der Waals surface area contributed by atoms with Crippen molar-refractivity contribution in [2.75, 3.05) is 4.90 Å². The maximum atomic E-state index is 13.4. The summed E-state index contributed by atoms with van der Waals surface area (Å²) >= 11 is 9.76. The second-order valence-electron chi connectivity index (χ2n) is 7.98. The molecule has 2 saturated carbocycles. The van der Waals surface area contributed by atoms with E-state index in [9.17, 15) is 9.59 Å². The topological polar surface area (TPSA) is 37.4 Å². The van der Waals surface area contributed by atoms with E-state index in [0.29, 0.717) is 22.5 Å². The van der Waals surface area contributed by atoms with Gasteiger partial charge in [0.05, 0.1) is 22.5 Å². The molecule has 0 aromatic heterocycles. The molecular formula is C22H19BrClNO2. The van der Waals surface area contributed by atoms with Gasteiger partial charge in [0.15, 0.2) is 0 Å². The average Bonchev–Trinajstić information content (AvgIpc) is 3.33. The molecule has 3 fully saturated rings. The molecule has 1 saturated heterocycles. The molecule has 2 aromatic rings. The smallest absolute Gasteiger partial charge is 0.238 e. The van der Waals surface area contributed by atoms with Crippen LogP contribution < -0.4 is 4.90 Å². The number of benzene rings is 2. The lowest BCUT2D eigenvalue weighted by atomic mass is 9.73. The number of hydrogen-bond acceptors (Lipinski definition) is 2. The number of fused-ring (bicyclic) bond motifs is 5. The summed E-state index contributed by atoms with van der Waals surface area (Å²) in [7, 11) is 0. The van der Waals surface area contributed by atoms with Crippen LogP contribution in [-0.2, 0) is 9.59 Å². The first-order chi connectivity index (χ1) is 13.0. The van der Waals surface area contributed by atoms with Crippen LogP contribution in [0.3, 0.4) is 0 Å². The Bertz CT molecular complexity index is 960. The van der Waals surface area contributed by atoms with Crippen molar-refractivity contribution in [2.45, 2.75) is 25.7 Å². The number of rotatable bonds is 2. The van der Waals surface area contributed by atoms with E-state index < -0.39 is 0 Å². The van der Waals surface area contributed by atoms with E-state index in [1.807, 2.05) is 19.1 Å². The van der Waals surface area contributed by atoms with Crippen molar-refractivity contribution < 1.29 is 9.59 Å². The maximum Gasteiger partial charge on any atom is 0.238 e. The Morgan fingerprint density at radius 1 is 1.00 bits per heavy atom. The summed E-state index contributed by atoms with van der Waals surface area (Å²) < 4.78 is 0.772. The summed E-state index contributed by atoms with van der Waals surface area (Å²) in [6.45, 7) is 1.86. The van der Waals surface area contributed by atoms with Crippen molar-refractivity contribution in [3.8, 4) is 0 Å². The average molecular weight is 445 g/mol. The summed E-state index contributed by atoms with van der Waals surface area (Å²) in [5.41, 5.74) is 2.69. The molecule has 3 aliphatic rings. The maximum absolute atomic E-state index is 13.4. The van der Waals surface area contributed by atoms with Gasteiger partial charge in [-0.25, -0.2) is 4.90 Å². The number of imide groups is 1. The zero-order valence-corrected chi connectivity index (χ0v) is 17.2. The molecule has 0 spiro atoms. The van der Waals surface area contributed by atoms with Crippen LogP contribution >= 0.6 is 27.5 Å². The van der Waals surface area contributed by atoms with Gasteiger partial charge in [-0.1, -0.05) is 41.9 Å². The van der Waals surface area contributed by atoms with Crippen molar-refractivity contribution in [3.05, 3.63) is 63.1 Å². The Balaban J connectivity index is 1.52. The predicted molar refractivity (Wildman–Crippen MR) is 109 cm³/mol. The fraction of sp³-hybridized carbons (Fsp3) is 0.364. The van der Waals surface area contributed by atoms with Gasteiger partial charge in [-0.05, 0) is 76.7 Å². The van der Waals surface area contributed by atoms with Crippen LogP contribution in [0.5, 0.6) is 0 Å². The molecule has 2 amide bonds. The molecule has 138 valence electrons. The van der Waals surface area contributed by atoms with E-state index in [4.69, 9.17) is 11.6 Å². The van der Waals surface area contributed by atoms with Gasteiger partial charge in [0.2, 0.25) is 11.8 Å². The molecule has 5 heteroatoms. The second-order valence-corrected chi connectivity index (χ2v) is 9.21. The van der Waals surface area contributed by atoms with Crippen LogP contribution in [0.2, 0.25) is 5.02 Å². The van der Waals surface area contributed by atoms with Gasteiger partial charge in [-0.15, -0.1) is 0 Å². The number of amides is 2. The molecule has 2 aromatic carbocycles. The van der Waals surface area contributed by atoms with Gasteiger partial charge in [0, 0.05) is 4.47 Å². The summed E-state index contributed by atoms with van der Waals surface area (Å²) in [5, 5.41) is 0.551. The molecule has 0 N–H and O–H groups in total. The van der Waals surface area contributed by atoms with Gasteiger partial charge in [-0.2, -0.15) is 0 Å². The lowest BCUT2D eigenvalue weighted by molar-refractivity contribution is -0.123. The molecule has 2 bridgehead atoms. The second kappa shape index (κ2) is 6.18. The SMILES string of the molecule is Cc1c(N2C(=O)C3C4CC(c5ccccc5)C(C4)C3C2=O)ccc(Br)c1Cl. The van der Waals surface area contributed by atoms with Crippen LogP contribution in [0.4, 0.5) is 5.69 Å². The highest BCUT2D eigenvalue weighted by Crippen LogP contribution is 2.62. The lowest BCUT2D eigenvalue weighted by Gasteiger charge is -2.28. The summed E-state index contributed by atoms with van der Waals surface area (Å²) in [6.07, 6.45) is 1.99. The first-order valence-electron chi connectivity index (χ1n) is 9.36. The van der Waals surface area contributed by atoms with Crippen molar-refractivity contribution in [1.29, 1.82) is 0 Å². The van der Waals surface area contributed by atoms with Crippen molar-refractivity contribution in [3.63, 3.8) is 0 Å². The van der Waals surface area contributed by atoms with E-state index in [1.54, 1.807) is 6.07 Å². The Kier molecular flexibility index (Phi) is 3.99. The molecule has 5 atom stereocenters. The molecule has 1 aliphatic heterocycles. The number of carbonyl (C=O) groups is 2. The third-order valence-corrected chi connectivity index (χ3v) is 8.17. The van der Waals surface area contributed by atoms with Crippen LogP contribution in [0, 0.1) is 30.6 Å². The number of anilines is 1. The van der Waals surface area contributed by atoms with E-state index in [2.05, 4.69) is 40.2 Å². The highest BCUT2D eigenvalue weighted by atomic mass is 79.9. The third-order valence-electron chi connectivity index (χ3n) is 6.79. The molecule has 5 rings (SSSR count). The summed E-state index contributed by atoms with van der Waals surface area (Å²) in [4.78, 5) is 28.0. The quantitative estimate of drug-likeness (QED) is 0.586. The molecule has 1 heterocycles. The van der Waals surface area contributed by atoms with Crippen LogP contribution in [-0.4, -0.2) is 11.8 Å². The van der Waals surface area contributed by atoms with E-state index in [1.165, 1.54) is 10.5 Å². The number of carbonyl (C=O) groups excluding carboxylic acids is 2. The minimum atomic E-state index is -0.191. The van der Waals surface area contributed by atoms with Crippen molar-refractivity contribution >= 4 is 45.0 Å². The Morgan fingerprint density at radius 2 is 1.70 bits per heavy atom. The first-order valence-corrected chi connectivity index (χ1v) is 10.5. The summed E-state index contributed by atoms with van der Waals surface area (Å²) in [5.74, 6) is 0.509. The van der Waals surface area contributed by atoms with Crippen molar-refractivity contribution in [2.24, 2.45) is 23.7 Å². The monoisotopic (exact) mass is 443 g/mol. The molecule has 5 unspecified atom stereocenters. The number of nitrogens with zero attached hydrogens (tertiary/aromatic N) is 1. The molecule has 3 nitrogen and oxygen atoms in total. The van der Waals surface area contributed by atoms with Gasteiger partial charge < -0.3 is 0 Å². The van der Waals surface area contributed by atoms with E-state index in [0.717, 1.165) is 22.9 Å². The van der Waals surface area contributed by atoms with Gasteiger partial charge >= 0.3 is 0 Å². The Morgan fingerprint density at radius 3 is 2.44 bits per heavy atom. The lowest BCUT2D eigenvalue weighted by Crippen LogP contribution is -2.33. The fourth-order valence-corrected chi connectivity index (χ4v) is 6.25. The standard InChI is InChI=1S/C22H19BrClNO2/c1-11-17(8-7-16(23)20(11)24)25-21(26)18-13-9-14(12-5-3-2-4-6-12)15(10-13)19(18)22(25)27/h2-8,13-15,18-19H,9-10H2,1H3. The van der Waals surface area contributed by atoms with Crippen LogP contribution in [0.25, 0.3) is 0 Å². The number of halogens is 2. The summed E-state index contributed by atoms with van der Waals surface area (Å²) in [6, 6.07) is 14.1. The minimum Gasteiger partial charge on any atom is -0.274 e. The van der Waals surface area contributed by atoms with Gasteiger partial charge in [0.1, 0.15) is 0 Å². The fourth-order valence-electron chi connectivity index (χ4n) is 5.66. The Hall–Kier alpha value is -1.65. The number of hydrogen-bond donors (Lipinski definition) is 0. The van der Waals surface area contributed by atoms with Crippen LogP contribution in [0.1, 0.15) is 29.9 Å². The zero-order valence-electron chi connectivity index (χ0n) is 14.9. The molecule has 0 radical (unpaired) electrons. The zero-order chi connectivity index (χ0) is 18.9. The Labute approximate surface area is 171 Å².